The van der Waals surface area contributed by atoms with Crippen molar-refractivity contribution in [3.8, 4) is 11.4 Å². The van der Waals surface area contributed by atoms with Crippen LogP contribution in [0.1, 0.15) is 22.9 Å². The number of hydrogen-bond acceptors (Lipinski definition) is 4. The molecule has 0 spiro atoms. The van der Waals surface area contributed by atoms with Crippen LogP contribution in [-0.4, -0.2) is 29.9 Å². The Labute approximate surface area is 172 Å². The number of benzene rings is 2. The quantitative estimate of drug-likeness (QED) is 0.474. The van der Waals surface area contributed by atoms with E-state index in [4.69, 9.17) is 16.3 Å². The molecule has 0 saturated carbocycles. The van der Waals surface area contributed by atoms with Gasteiger partial charge in [-0.15, -0.1) is 0 Å². The van der Waals surface area contributed by atoms with Gasteiger partial charge in [-0.05, 0) is 42.5 Å². The number of aliphatic hydroxyl groups is 1. The third-order valence-electron chi connectivity index (χ3n) is 4.41. The van der Waals surface area contributed by atoms with Gasteiger partial charge in [-0.3, -0.25) is 0 Å². The van der Waals surface area contributed by atoms with Gasteiger partial charge < -0.3 is 19.1 Å². The SMILES string of the molecule is COC(=O)/C=C/c1cccn1-c1ccc(Cl)cc1C(O)c1cccc(F)c1OC. The Morgan fingerprint density at radius 3 is 2.69 bits per heavy atom. The van der Waals surface area contributed by atoms with E-state index in [1.807, 2.05) is 0 Å². The molecule has 1 N–H and O–H groups in total. The lowest BCUT2D eigenvalue weighted by Gasteiger charge is -2.20. The number of ether oxygens (including phenoxy) is 2. The first-order chi connectivity index (χ1) is 14.0. The average Bonchev–Trinajstić information content (AvgIpc) is 3.19. The van der Waals surface area contributed by atoms with Crippen LogP contribution in [0.3, 0.4) is 0 Å². The number of aliphatic hydroxyl groups excluding tert-OH is 1. The van der Waals surface area contributed by atoms with Gasteiger partial charge in [0.15, 0.2) is 11.6 Å². The van der Waals surface area contributed by atoms with Gasteiger partial charge in [0.25, 0.3) is 0 Å². The molecule has 0 bridgehead atoms. The molecule has 29 heavy (non-hydrogen) atoms. The molecule has 150 valence electrons. The van der Waals surface area contributed by atoms with E-state index in [1.54, 1.807) is 53.2 Å². The Balaban J connectivity index is 2.12. The fraction of sp³-hybridized carbons (Fsp3) is 0.136. The van der Waals surface area contributed by atoms with Gasteiger partial charge in [0.1, 0.15) is 6.10 Å². The Kier molecular flexibility index (Phi) is 6.36. The lowest BCUT2D eigenvalue weighted by Crippen LogP contribution is -2.09. The summed E-state index contributed by atoms with van der Waals surface area (Å²) in [7, 11) is 2.64. The highest BCUT2D eigenvalue weighted by Gasteiger charge is 2.22. The Hall–Kier alpha value is -3.09. The predicted octanol–water partition coefficient (Wildman–Crippen LogP) is 4.55. The molecule has 0 amide bonds. The molecule has 0 aliphatic heterocycles. The number of halogens is 2. The summed E-state index contributed by atoms with van der Waals surface area (Å²) in [5, 5.41) is 11.5. The zero-order chi connectivity index (χ0) is 21.0. The van der Waals surface area contributed by atoms with Gasteiger partial charge >= 0.3 is 5.97 Å². The maximum atomic E-state index is 14.1. The maximum Gasteiger partial charge on any atom is 0.330 e. The Morgan fingerprint density at radius 2 is 1.97 bits per heavy atom. The average molecular weight is 416 g/mol. The number of nitrogens with zero attached hydrogens (tertiary/aromatic N) is 1. The molecule has 7 heteroatoms. The van der Waals surface area contributed by atoms with Crippen molar-refractivity contribution in [3.05, 3.63) is 88.5 Å². The molecule has 1 unspecified atom stereocenters. The number of rotatable bonds is 6. The van der Waals surface area contributed by atoms with E-state index in [0.717, 1.165) is 0 Å². The summed E-state index contributed by atoms with van der Waals surface area (Å²) in [6.07, 6.45) is 3.47. The van der Waals surface area contributed by atoms with Crippen LogP contribution in [0.2, 0.25) is 5.02 Å². The van der Waals surface area contributed by atoms with Gasteiger partial charge in [-0.25, -0.2) is 9.18 Å². The summed E-state index contributed by atoms with van der Waals surface area (Å²) in [6, 6.07) is 13.0. The van der Waals surface area contributed by atoms with Crippen LogP contribution in [0, 0.1) is 5.82 Å². The monoisotopic (exact) mass is 415 g/mol. The number of para-hydroxylation sites is 1. The summed E-state index contributed by atoms with van der Waals surface area (Å²) >= 11 is 6.18. The van der Waals surface area contributed by atoms with E-state index < -0.39 is 17.9 Å². The second-order valence-electron chi connectivity index (χ2n) is 6.13. The fourth-order valence-corrected chi connectivity index (χ4v) is 3.24. The predicted molar refractivity (Wildman–Crippen MR) is 109 cm³/mol. The molecule has 3 rings (SSSR count). The van der Waals surface area contributed by atoms with Crippen LogP contribution < -0.4 is 4.74 Å². The summed E-state index contributed by atoms with van der Waals surface area (Å²) in [4.78, 5) is 11.4. The van der Waals surface area contributed by atoms with Crippen molar-refractivity contribution in [1.29, 1.82) is 0 Å². The Bertz CT molecular complexity index is 1060. The second-order valence-corrected chi connectivity index (χ2v) is 6.56. The summed E-state index contributed by atoms with van der Waals surface area (Å²) in [5.41, 5.74) is 2.01. The largest absolute Gasteiger partial charge is 0.493 e. The van der Waals surface area contributed by atoms with Gasteiger partial charge in [0.05, 0.1) is 19.9 Å². The first-order valence-corrected chi connectivity index (χ1v) is 9.07. The van der Waals surface area contributed by atoms with Gasteiger partial charge in [-0.2, -0.15) is 0 Å². The normalized spacial score (nSPS) is 12.2. The fourth-order valence-electron chi connectivity index (χ4n) is 3.06. The molecule has 0 radical (unpaired) electrons. The van der Waals surface area contributed by atoms with Crippen molar-refractivity contribution < 1.29 is 23.8 Å². The van der Waals surface area contributed by atoms with Crippen molar-refractivity contribution in [2.75, 3.05) is 14.2 Å². The van der Waals surface area contributed by atoms with E-state index in [1.165, 1.54) is 32.4 Å². The van der Waals surface area contributed by atoms with Crippen molar-refractivity contribution >= 4 is 23.6 Å². The summed E-state index contributed by atoms with van der Waals surface area (Å²) in [5.74, 6) is -1.10. The van der Waals surface area contributed by atoms with Crippen LogP contribution in [0.5, 0.6) is 5.75 Å². The zero-order valence-corrected chi connectivity index (χ0v) is 16.6. The number of methoxy groups -OCH3 is 2. The summed E-state index contributed by atoms with van der Waals surface area (Å²) in [6.45, 7) is 0. The highest BCUT2D eigenvalue weighted by atomic mass is 35.5. The standard InChI is InChI=1S/C22H19ClFNO4/c1-28-20(26)11-9-15-5-4-12-25(15)19-10-8-14(23)13-17(19)21(27)16-6-3-7-18(24)22(16)29-2/h3-13,21,27H,1-2H3/b11-9+. The smallest absolute Gasteiger partial charge is 0.330 e. The molecule has 0 saturated heterocycles. The number of aromatic nitrogens is 1. The van der Waals surface area contributed by atoms with Gasteiger partial charge in [0.2, 0.25) is 0 Å². The number of hydrogen-bond donors (Lipinski definition) is 1. The second kappa shape index (κ2) is 8.94. The van der Waals surface area contributed by atoms with Crippen molar-refractivity contribution in [2.45, 2.75) is 6.10 Å². The first-order valence-electron chi connectivity index (χ1n) is 8.70. The number of carbonyl (C=O) groups excluding carboxylic acids is 1. The lowest BCUT2D eigenvalue weighted by molar-refractivity contribution is -0.134. The third kappa shape index (κ3) is 4.34. The molecule has 3 aromatic rings. The van der Waals surface area contributed by atoms with E-state index >= 15 is 0 Å². The number of carbonyl (C=O) groups is 1. The highest BCUT2D eigenvalue weighted by Crippen LogP contribution is 2.36. The summed E-state index contributed by atoms with van der Waals surface area (Å²) < 4.78 is 25.7. The van der Waals surface area contributed by atoms with Crippen molar-refractivity contribution in [1.82, 2.24) is 4.57 Å². The maximum absolute atomic E-state index is 14.1. The molecular formula is C22H19ClFNO4. The molecule has 2 aromatic carbocycles. The number of esters is 1. The molecule has 1 atom stereocenters. The zero-order valence-electron chi connectivity index (χ0n) is 15.8. The minimum atomic E-state index is -1.20. The molecule has 5 nitrogen and oxygen atoms in total. The van der Waals surface area contributed by atoms with Crippen LogP contribution >= 0.6 is 11.6 Å². The topological polar surface area (TPSA) is 60.7 Å². The lowest BCUT2D eigenvalue weighted by atomic mass is 9.98. The minimum absolute atomic E-state index is 0.0377. The Morgan fingerprint density at radius 1 is 1.17 bits per heavy atom. The van der Waals surface area contributed by atoms with E-state index in [-0.39, 0.29) is 11.3 Å². The van der Waals surface area contributed by atoms with Gasteiger partial charge in [-0.1, -0.05) is 23.7 Å². The van der Waals surface area contributed by atoms with E-state index in [0.29, 0.717) is 22.0 Å². The minimum Gasteiger partial charge on any atom is -0.493 e. The van der Waals surface area contributed by atoms with Crippen molar-refractivity contribution in [3.63, 3.8) is 0 Å². The first kappa shape index (κ1) is 20.6. The van der Waals surface area contributed by atoms with Crippen LogP contribution in [0.15, 0.2) is 60.8 Å². The molecule has 0 fully saturated rings. The molecule has 1 aromatic heterocycles. The van der Waals surface area contributed by atoms with Crippen molar-refractivity contribution in [2.24, 2.45) is 0 Å². The van der Waals surface area contributed by atoms with Crippen LogP contribution in [0.25, 0.3) is 11.8 Å². The molecule has 0 aliphatic rings. The third-order valence-corrected chi connectivity index (χ3v) is 4.65. The highest BCUT2D eigenvalue weighted by molar-refractivity contribution is 6.30. The molecular weight excluding hydrogens is 397 g/mol. The van der Waals surface area contributed by atoms with Gasteiger partial charge in [0, 0.05) is 34.1 Å². The van der Waals surface area contributed by atoms with Crippen LogP contribution in [0.4, 0.5) is 4.39 Å². The van der Waals surface area contributed by atoms with Crippen LogP contribution in [-0.2, 0) is 9.53 Å². The van der Waals surface area contributed by atoms with E-state index in [9.17, 15) is 14.3 Å². The van der Waals surface area contributed by atoms with E-state index in [2.05, 4.69) is 4.74 Å². The molecule has 1 heterocycles. The molecule has 0 aliphatic carbocycles.